The largest absolute Gasteiger partial charge is 0.457 e. The topological polar surface area (TPSA) is 70.7 Å². The van der Waals surface area contributed by atoms with Crippen LogP contribution >= 0.6 is 0 Å². The first-order valence-corrected chi connectivity index (χ1v) is 9.36. The second kappa shape index (κ2) is 7.80. The zero-order chi connectivity index (χ0) is 18.6. The van der Waals surface area contributed by atoms with Crippen LogP contribution in [0, 0.1) is 0 Å². The molecule has 0 aromatic heterocycles. The summed E-state index contributed by atoms with van der Waals surface area (Å²) in [5, 5.41) is 6.22. The van der Waals surface area contributed by atoms with Gasteiger partial charge in [-0.15, -0.1) is 0 Å². The molecule has 27 heavy (non-hydrogen) atoms. The van der Waals surface area contributed by atoms with Gasteiger partial charge in [-0.3, -0.25) is 9.59 Å². The summed E-state index contributed by atoms with van der Waals surface area (Å²) >= 11 is 0. The lowest BCUT2D eigenvalue weighted by Gasteiger charge is -2.35. The molecule has 1 aliphatic carbocycles. The monoisotopic (exact) mass is 365 g/mol. The molecule has 1 aliphatic heterocycles. The van der Waals surface area contributed by atoms with Crippen LogP contribution in [0.4, 0.5) is 0 Å². The van der Waals surface area contributed by atoms with Gasteiger partial charge in [0, 0.05) is 25.7 Å². The van der Waals surface area contributed by atoms with E-state index in [0.29, 0.717) is 36.7 Å². The van der Waals surface area contributed by atoms with E-state index in [2.05, 4.69) is 10.6 Å². The van der Waals surface area contributed by atoms with Crippen molar-refractivity contribution in [3.05, 3.63) is 60.2 Å². The normalized spacial score (nSPS) is 19.4. The van der Waals surface area contributed by atoms with Crippen LogP contribution in [-0.4, -0.2) is 48.4 Å². The molecule has 2 aromatic rings. The van der Waals surface area contributed by atoms with Crippen molar-refractivity contribution in [2.75, 3.05) is 19.6 Å². The number of rotatable bonds is 5. The molecule has 1 atom stereocenters. The molecular weight excluding hydrogens is 342 g/mol. The molecule has 1 saturated heterocycles. The van der Waals surface area contributed by atoms with E-state index in [-0.39, 0.29) is 17.9 Å². The lowest BCUT2D eigenvalue weighted by atomic mass is 10.1. The summed E-state index contributed by atoms with van der Waals surface area (Å²) in [6.07, 6.45) is 2.04. The van der Waals surface area contributed by atoms with Crippen LogP contribution in [0.15, 0.2) is 54.6 Å². The predicted octanol–water partition coefficient (Wildman–Crippen LogP) is 2.17. The number of piperazine rings is 1. The minimum atomic E-state index is -0.503. The summed E-state index contributed by atoms with van der Waals surface area (Å²) in [7, 11) is 0. The van der Waals surface area contributed by atoms with E-state index in [1.165, 1.54) is 0 Å². The predicted molar refractivity (Wildman–Crippen MR) is 102 cm³/mol. The molecule has 0 spiro atoms. The molecule has 2 aliphatic rings. The Morgan fingerprint density at radius 3 is 2.56 bits per heavy atom. The van der Waals surface area contributed by atoms with Crippen molar-refractivity contribution in [3.63, 3.8) is 0 Å². The SMILES string of the molecule is O=C(NC1CC1)[C@@H]1CNCCN1C(=O)c1ccccc1Oc1ccccc1. The molecule has 1 heterocycles. The van der Waals surface area contributed by atoms with Crippen LogP contribution in [0.25, 0.3) is 0 Å². The number of ether oxygens (including phenoxy) is 1. The number of hydrogen-bond acceptors (Lipinski definition) is 4. The molecule has 4 rings (SSSR count). The number of nitrogens with zero attached hydrogens (tertiary/aromatic N) is 1. The Bertz CT molecular complexity index is 820. The number of carbonyl (C=O) groups is 2. The van der Waals surface area contributed by atoms with Crippen LogP contribution in [0.5, 0.6) is 11.5 Å². The zero-order valence-electron chi connectivity index (χ0n) is 15.1. The van der Waals surface area contributed by atoms with Gasteiger partial charge in [-0.1, -0.05) is 30.3 Å². The van der Waals surface area contributed by atoms with Crippen LogP contribution in [0.2, 0.25) is 0 Å². The number of benzene rings is 2. The van der Waals surface area contributed by atoms with Crippen LogP contribution in [0.3, 0.4) is 0 Å². The third-order valence-corrected chi connectivity index (χ3v) is 4.82. The van der Waals surface area contributed by atoms with Gasteiger partial charge >= 0.3 is 0 Å². The highest BCUT2D eigenvalue weighted by Crippen LogP contribution is 2.27. The van der Waals surface area contributed by atoms with Crippen molar-refractivity contribution < 1.29 is 14.3 Å². The highest BCUT2D eigenvalue weighted by molar-refractivity contribution is 6.00. The Hall–Kier alpha value is -2.86. The van der Waals surface area contributed by atoms with Crippen LogP contribution in [0.1, 0.15) is 23.2 Å². The minimum absolute atomic E-state index is 0.0838. The summed E-state index contributed by atoms with van der Waals surface area (Å²) < 4.78 is 5.93. The molecule has 2 aromatic carbocycles. The number of hydrogen-bond donors (Lipinski definition) is 2. The van der Waals surface area contributed by atoms with Crippen molar-refractivity contribution in [2.45, 2.75) is 24.9 Å². The molecule has 1 saturated carbocycles. The van der Waals surface area contributed by atoms with E-state index in [0.717, 1.165) is 12.8 Å². The molecule has 2 fully saturated rings. The third-order valence-electron chi connectivity index (χ3n) is 4.82. The Morgan fingerprint density at radius 1 is 1.04 bits per heavy atom. The summed E-state index contributed by atoms with van der Waals surface area (Å²) in [5.41, 5.74) is 0.465. The first kappa shape index (κ1) is 17.5. The van der Waals surface area contributed by atoms with Gasteiger partial charge in [0.1, 0.15) is 17.5 Å². The minimum Gasteiger partial charge on any atom is -0.457 e. The summed E-state index contributed by atoms with van der Waals surface area (Å²) in [6, 6.07) is 16.3. The fourth-order valence-electron chi connectivity index (χ4n) is 3.21. The third kappa shape index (κ3) is 4.11. The first-order valence-electron chi connectivity index (χ1n) is 9.36. The maximum absolute atomic E-state index is 13.3. The Labute approximate surface area is 158 Å². The number of amides is 2. The smallest absolute Gasteiger partial charge is 0.258 e. The van der Waals surface area contributed by atoms with Crippen molar-refractivity contribution in [1.29, 1.82) is 0 Å². The van der Waals surface area contributed by atoms with Crippen molar-refractivity contribution in [2.24, 2.45) is 0 Å². The van der Waals surface area contributed by atoms with E-state index in [4.69, 9.17) is 4.74 Å². The summed E-state index contributed by atoms with van der Waals surface area (Å²) in [5.74, 6) is 0.896. The second-order valence-corrected chi connectivity index (χ2v) is 6.91. The lowest BCUT2D eigenvalue weighted by molar-refractivity contribution is -0.126. The maximum atomic E-state index is 13.3. The molecule has 6 heteroatoms. The van der Waals surface area contributed by atoms with E-state index < -0.39 is 6.04 Å². The molecule has 0 unspecified atom stereocenters. The van der Waals surface area contributed by atoms with Crippen molar-refractivity contribution in [3.8, 4) is 11.5 Å². The van der Waals surface area contributed by atoms with Crippen molar-refractivity contribution >= 4 is 11.8 Å². The number of carbonyl (C=O) groups excluding carboxylic acids is 2. The molecule has 2 amide bonds. The lowest BCUT2D eigenvalue weighted by Crippen LogP contribution is -2.59. The molecule has 2 N–H and O–H groups in total. The van der Waals surface area contributed by atoms with Crippen LogP contribution in [-0.2, 0) is 4.79 Å². The molecule has 140 valence electrons. The van der Waals surface area contributed by atoms with Gasteiger partial charge < -0.3 is 20.3 Å². The molecular formula is C21H23N3O3. The molecule has 0 radical (unpaired) electrons. The zero-order valence-corrected chi connectivity index (χ0v) is 15.1. The van der Waals surface area contributed by atoms with E-state index in [1.807, 2.05) is 42.5 Å². The first-order chi connectivity index (χ1) is 13.2. The van der Waals surface area contributed by atoms with E-state index in [9.17, 15) is 9.59 Å². The maximum Gasteiger partial charge on any atom is 0.258 e. The Morgan fingerprint density at radius 2 is 1.78 bits per heavy atom. The Kier molecular flexibility index (Phi) is 5.07. The van der Waals surface area contributed by atoms with Crippen molar-refractivity contribution in [1.82, 2.24) is 15.5 Å². The van der Waals surface area contributed by atoms with Gasteiger partial charge in [-0.25, -0.2) is 0 Å². The number of nitrogens with one attached hydrogen (secondary N) is 2. The van der Waals surface area contributed by atoms with Gasteiger partial charge in [0.25, 0.3) is 5.91 Å². The van der Waals surface area contributed by atoms with Gasteiger partial charge in [0.05, 0.1) is 5.56 Å². The number of para-hydroxylation sites is 2. The highest BCUT2D eigenvalue weighted by atomic mass is 16.5. The van der Waals surface area contributed by atoms with E-state index >= 15 is 0 Å². The van der Waals surface area contributed by atoms with Gasteiger partial charge in [-0.2, -0.15) is 0 Å². The Balaban J connectivity index is 1.56. The standard InChI is InChI=1S/C21H23N3O3/c25-20(23-15-10-11-15)18-14-22-12-13-24(18)21(26)17-8-4-5-9-19(17)27-16-6-2-1-3-7-16/h1-9,15,18,22H,10-14H2,(H,23,25)/t18-/m0/s1. The average molecular weight is 365 g/mol. The summed E-state index contributed by atoms with van der Waals surface area (Å²) in [6.45, 7) is 1.62. The quantitative estimate of drug-likeness (QED) is 0.852. The van der Waals surface area contributed by atoms with E-state index in [1.54, 1.807) is 17.0 Å². The highest BCUT2D eigenvalue weighted by Gasteiger charge is 2.36. The second-order valence-electron chi connectivity index (χ2n) is 6.91. The van der Waals surface area contributed by atoms with Gasteiger partial charge in [-0.05, 0) is 37.1 Å². The van der Waals surface area contributed by atoms with Gasteiger partial charge in [0.2, 0.25) is 5.91 Å². The molecule has 0 bridgehead atoms. The van der Waals surface area contributed by atoms with Gasteiger partial charge in [0.15, 0.2) is 0 Å². The fourth-order valence-corrected chi connectivity index (χ4v) is 3.21. The fraction of sp³-hybridized carbons (Fsp3) is 0.333. The average Bonchev–Trinajstić information content (AvgIpc) is 3.53. The molecule has 6 nitrogen and oxygen atoms in total. The summed E-state index contributed by atoms with van der Waals surface area (Å²) in [4.78, 5) is 27.5. The van der Waals surface area contributed by atoms with Crippen LogP contribution < -0.4 is 15.4 Å².